The van der Waals surface area contributed by atoms with Crippen LogP contribution in [-0.2, 0) is 14.8 Å². The van der Waals surface area contributed by atoms with E-state index in [4.69, 9.17) is 17.3 Å². The van der Waals surface area contributed by atoms with Crippen LogP contribution >= 0.6 is 24.0 Å². The molecule has 120 valence electrons. The molecule has 0 radical (unpaired) electrons. The van der Waals surface area contributed by atoms with Gasteiger partial charge in [0.25, 0.3) is 0 Å². The number of benzene rings is 1. The minimum absolute atomic E-state index is 0. The van der Waals surface area contributed by atoms with E-state index in [1.165, 1.54) is 25.3 Å². The van der Waals surface area contributed by atoms with Crippen LogP contribution in [0.3, 0.4) is 0 Å². The topological polar surface area (TPSA) is 98.5 Å². The molecule has 1 aromatic carbocycles. The third-order valence-electron chi connectivity index (χ3n) is 2.32. The molecule has 6 nitrogen and oxygen atoms in total. The van der Waals surface area contributed by atoms with Gasteiger partial charge < -0.3 is 10.5 Å². The Hall–Kier alpha value is -0.860. The molecule has 0 aromatic heterocycles. The van der Waals surface area contributed by atoms with Gasteiger partial charge in [-0.25, -0.2) is 17.9 Å². The summed E-state index contributed by atoms with van der Waals surface area (Å²) in [6.07, 6.45) is 0. The third kappa shape index (κ3) is 6.19. The number of ether oxygens (including phenoxy) is 1. The molecule has 0 aliphatic rings. The summed E-state index contributed by atoms with van der Waals surface area (Å²) >= 11 is 5.82. The maximum Gasteiger partial charge on any atom is 0.337 e. The van der Waals surface area contributed by atoms with Crippen LogP contribution in [0.5, 0.6) is 0 Å². The van der Waals surface area contributed by atoms with E-state index >= 15 is 0 Å². The highest BCUT2D eigenvalue weighted by molar-refractivity contribution is 7.89. The normalized spacial score (nSPS) is 11.7. The Morgan fingerprint density at radius 1 is 1.38 bits per heavy atom. The number of halogens is 2. The van der Waals surface area contributed by atoms with Crippen molar-refractivity contribution in [3.63, 3.8) is 0 Å². The summed E-state index contributed by atoms with van der Waals surface area (Å²) in [6.45, 7) is 3.43. The third-order valence-corrected chi connectivity index (χ3v) is 3.92. The molecule has 0 saturated heterocycles. The van der Waals surface area contributed by atoms with Crippen molar-refractivity contribution in [1.82, 2.24) is 4.72 Å². The van der Waals surface area contributed by atoms with Crippen molar-refractivity contribution in [2.24, 2.45) is 5.73 Å². The number of sulfonamides is 1. The number of nitrogens with one attached hydrogen (secondary N) is 1. The largest absolute Gasteiger partial charge is 0.465 e. The first-order valence-corrected chi connectivity index (χ1v) is 7.59. The van der Waals surface area contributed by atoms with E-state index in [1.807, 2.05) is 0 Å². The lowest BCUT2D eigenvalue weighted by molar-refractivity contribution is 0.0600. The fourth-order valence-corrected chi connectivity index (χ4v) is 2.91. The number of rotatable bonds is 5. The zero-order valence-corrected chi connectivity index (χ0v) is 14.2. The van der Waals surface area contributed by atoms with E-state index in [0.29, 0.717) is 0 Å². The number of carbonyl (C=O) groups is 1. The minimum atomic E-state index is -3.80. The molecule has 0 unspecified atom stereocenters. The van der Waals surface area contributed by atoms with Crippen LogP contribution in [0.15, 0.2) is 23.1 Å². The molecule has 0 atom stereocenters. The van der Waals surface area contributed by atoms with Crippen molar-refractivity contribution in [2.45, 2.75) is 24.3 Å². The maximum absolute atomic E-state index is 12.1. The maximum atomic E-state index is 12.1. The molecule has 0 fully saturated rings. The van der Waals surface area contributed by atoms with Crippen LogP contribution < -0.4 is 10.5 Å². The molecule has 0 aliphatic heterocycles. The number of carbonyl (C=O) groups excluding carboxylic acids is 1. The second-order valence-electron chi connectivity index (χ2n) is 4.98. The highest BCUT2D eigenvalue weighted by Gasteiger charge is 2.21. The van der Waals surface area contributed by atoms with E-state index in [-0.39, 0.29) is 34.4 Å². The average Bonchev–Trinajstić information content (AvgIpc) is 2.34. The Bertz CT molecular complexity index is 612. The molecule has 0 spiro atoms. The summed E-state index contributed by atoms with van der Waals surface area (Å²) < 4.78 is 31.1. The Kier molecular flexibility index (Phi) is 7.11. The molecule has 3 N–H and O–H groups in total. The second kappa shape index (κ2) is 7.42. The van der Waals surface area contributed by atoms with E-state index in [1.54, 1.807) is 13.8 Å². The fourth-order valence-electron chi connectivity index (χ4n) is 1.32. The summed E-state index contributed by atoms with van der Waals surface area (Å²) in [7, 11) is -2.60. The van der Waals surface area contributed by atoms with Crippen molar-refractivity contribution in [3.8, 4) is 0 Å². The quantitative estimate of drug-likeness (QED) is 0.780. The molecule has 0 heterocycles. The minimum Gasteiger partial charge on any atom is -0.465 e. The molecule has 0 bridgehead atoms. The molecule has 21 heavy (non-hydrogen) atoms. The van der Waals surface area contributed by atoms with E-state index in [0.717, 1.165) is 0 Å². The average molecular weight is 357 g/mol. The van der Waals surface area contributed by atoms with Crippen LogP contribution in [0.4, 0.5) is 0 Å². The lowest BCUT2D eigenvalue weighted by Gasteiger charge is -2.19. The molecule has 1 rings (SSSR count). The summed E-state index contributed by atoms with van der Waals surface area (Å²) in [6, 6.07) is 3.78. The summed E-state index contributed by atoms with van der Waals surface area (Å²) in [4.78, 5) is 11.3. The summed E-state index contributed by atoms with van der Waals surface area (Å²) in [5, 5.41) is 0.125. The highest BCUT2D eigenvalue weighted by atomic mass is 35.5. The SMILES string of the molecule is COC(=O)c1cc(Cl)cc(S(=O)(=O)NCC(C)(C)N)c1.Cl. The Morgan fingerprint density at radius 3 is 2.43 bits per heavy atom. The number of hydrogen-bond acceptors (Lipinski definition) is 5. The van der Waals surface area contributed by atoms with Crippen LogP contribution in [0, 0.1) is 0 Å². The van der Waals surface area contributed by atoms with Gasteiger partial charge in [-0.2, -0.15) is 0 Å². The molecule has 0 saturated carbocycles. The summed E-state index contributed by atoms with van der Waals surface area (Å²) in [5.41, 5.74) is 5.09. The molecule has 0 amide bonds. The molecular formula is C12H18Cl2N2O4S. The van der Waals surface area contributed by atoms with Crippen molar-refractivity contribution in [3.05, 3.63) is 28.8 Å². The lowest BCUT2D eigenvalue weighted by Crippen LogP contribution is -2.45. The van der Waals surface area contributed by atoms with Gasteiger partial charge in [0.1, 0.15) is 0 Å². The standard InChI is InChI=1S/C12H17ClN2O4S.ClH/c1-12(2,14)7-15-20(17,18)10-5-8(11(16)19-3)4-9(13)6-10;/h4-6,15H,7,14H2,1-3H3;1H. The van der Waals surface area contributed by atoms with Crippen LogP contribution in [0.1, 0.15) is 24.2 Å². The molecular weight excluding hydrogens is 339 g/mol. The van der Waals surface area contributed by atoms with Crippen molar-refractivity contribution in [2.75, 3.05) is 13.7 Å². The first kappa shape index (κ1) is 20.1. The Labute approximate surface area is 135 Å². The zero-order valence-electron chi connectivity index (χ0n) is 11.8. The highest BCUT2D eigenvalue weighted by Crippen LogP contribution is 2.19. The summed E-state index contributed by atoms with van der Waals surface area (Å²) in [5.74, 6) is -0.664. The van der Waals surface area contributed by atoms with E-state index < -0.39 is 21.5 Å². The van der Waals surface area contributed by atoms with E-state index in [2.05, 4.69) is 9.46 Å². The van der Waals surface area contributed by atoms with Gasteiger partial charge in [0.2, 0.25) is 10.0 Å². The van der Waals surface area contributed by atoms with Gasteiger partial charge >= 0.3 is 5.97 Å². The molecule has 1 aromatic rings. The lowest BCUT2D eigenvalue weighted by atomic mass is 10.1. The predicted molar refractivity (Wildman–Crippen MR) is 83.5 cm³/mol. The van der Waals surface area contributed by atoms with Gasteiger partial charge in [0, 0.05) is 17.1 Å². The molecule has 9 heteroatoms. The second-order valence-corrected chi connectivity index (χ2v) is 7.18. The van der Waals surface area contributed by atoms with Crippen molar-refractivity contribution in [1.29, 1.82) is 0 Å². The first-order chi connectivity index (χ1) is 9.05. The van der Waals surface area contributed by atoms with Crippen LogP contribution in [0.2, 0.25) is 5.02 Å². The Morgan fingerprint density at radius 2 is 1.95 bits per heavy atom. The van der Waals surface area contributed by atoms with Crippen LogP contribution in [-0.4, -0.2) is 33.6 Å². The fraction of sp³-hybridized carbons (Fsp3) is 0.417. The van der Waals surface area contributed by atoms with Gasteiger partial charge in [-0.1, -0.05) is 11.6 Å². The number of methoxy groups -OCH3 is 1. The number of nitrogens with two attached hydrogens (primary N) is 1. The van der Waals surface area contributed by atoms with Gasteiger partial charge in [-0.3, -0.25) is 0 Å². The number of esters is 1. The van der Waals surface area contributed by atoms with Gasteiger partial charge in [-0.05, 0) is 32.0 Å². The van der Waals surface area contributed by atoms with E-state index in [9.17, 15) is 13.2 Å². The smallest absolute Gasteiger partial charge is 0.337 e. The van der Waals surface area contributed by atoms with Crippen molar-refractivity contribution < 1.29 is 17.9 Å². The zero-order chi connectivity index (χ0) is 15.6. The monoisotopic (exact) mass is 356 g/mol. The van der Waals surface area contributed by atoms with Gasteiger partial charge in [-0.15, -0.1) is 12.4 Å². The van der Waals surface area contributed by atoms with Crippen LogP contribution in [0.25, 0.3) is 0 Å². The Balaban J connectivity index is 0.00000400. The number of hydrogen-bond donors (Lipinski definition) is 2. The van der Waals surface area contributed by atoms with Gasteiger partial charge in [0.15, 0.2) is 0 Å². The van der Waals surface area contributed by atoms with Gasteiger partial charge in [0.05, 0.1) is 17.6 Å². The predicted octanol–water partition coefficient (Wildman–Crippen LogP) is 1.56. The van der Waals surface area contributed by atoms with Crippen molar-refractivity contribution >= 4 is 40.0 Å². The molecule has 0 aliphatic carbocycles. The first-order valence-electron chi connectivity index (χ1n) is 5.72.